The van der Waals surface area contributed by atoms with Crippen LogP contribution in [0.25, 0.3) is 11.5 Å². The van der Waals surface area contributed by atoms with Gasteiger partial charge in [-0.1, -0.05) is 6.07 Å². The fourth-order valence-electron chi connectivity index (χ4n) is 3.50. The van der Waals surface area contributed by atoms with E-state index in [0.29, 0.717) is 22.8 Å². The van der Waals surface area contributed by atoms with Gasteiger partial charge in [-0.05, 0) is 80.4 Å². The van der Waals surface area contributed by atoms with Crippen LogP contribution in [0.3, 0.4) is 0 Å². The van der Waals surface area contributed by atoms with E-state index in [0.717, 1.165) is 16.8 Å². The van der Waals surface area contributed by atoms with Crippen molar-refractivity contribution in [2.75, 3.05) is 5.32 Å². The number of rotatable bonds is 4. The Kier molecular flexibility index (Phi) is 4.76. The summed E-state index contributed by atoms with van der Waals surface area (Å²) in [5.41, 5.74) is 4.60. The fraction of sp³-hybridized carbons (Fsp3) is 0.130. The summed E-state index contributed by atoms with van der Waals surface area (Å²) in [4.78, 5) is 13.2. The van der Waals surface area contributed by atoms with E-state index < -0.39 is 0 Å². The van der Waals surface area contributed by atoms with Gasteiger partial charge < -0.3 is 9.88 Å². The van der Waals surface area contributed by atoms with Gasteiger partial charge in [-0.3, -0.25) is 4.79 Å². The molecule has 1 amide bonds. The molecule has 0 saturated heterocycles. The lowest BCUT2D eigenvalue weighted by Crippen LogP contribution is -2.16. The molecule has 0 aliphatic carbocycles. The van der Waals surface area contributed by atoms with Gasteiger partial charge in [-0.15, -0.1) is 0 Å². The Morgan fingerprint density at radius 2 is 1.59 bits per heavy atom. The second-order valence-electron chi connectivity index (χ2n) is 7.09. The van der Waals surface area contributed by atoms with Crippen molar-refractivity contribution in [3.8, 4) is 11.5 Å². The van der Waals surface area contributed by atoms with E-state index in [2.05, 4.69) is 16.5 Å². The van der Waals surface area contributed by atoms with Crippen molar-refractivity contribution in [2.45, 2.75) is 20.8 Å². The number of nitrogens with one attached hydrogen (secondary N) is 1. The van der Waals surface area contributed by atoms with Gasteiger partial charge >= 0.3 is 0 Å². The molecule has 0 fully saturated rings. The fourth-order valence-corrected chi connectivity index (χ4v) is 3.50. The first kappa shape index (κ1) is 18.7. The largest absolute Gasteiger partial charge is 0.322 e. The summed E-state index contributed by atoms with van der Waals surface area (Å²) in [5, 5.41) is 7.57. The molecule has 4 rings (SSSR count). The van der Waals surface area contributed by atoms with E-state index in [9.17, 15) is 9.18 Å². The number of halogens is 1. The number of nitrogens with zero attached hydrogens (tertiary/aromatic N) is 3. The number of aryl methyl sites for hydroxylation is 3. The number of hydrogen-bond acceptors (Lipinski definition) is 2. The molecule has 0 atom stereocenters. The quantitative estimate of drug-likeness (QED) is 0.536. The molecule has 0 aliphatic heterocycles. The average Bonchev–Trinajstić information content (AvgIpc) is 3.28. The highest BCUT2D eigenvalue weighted by atomic mass is 19.1. The van der Waals surface area contributed by atoms with E-state index in [1.807, 2.05) is 55.1 Å². The Bertz CT molecular complexity index is 1150. The molecule has 0 aliphatic rings. The first-order chi connectivity index (χ1) is 13.9. The van der Waals surface area contributed by atoms with Gasteiger partial charge in [0.15, 0.2) is 5.82 Å². The van der Waals surface area contributed by atoms with Crippen LogP contribution in [-0.4, -0.2) is 20.3 Å². The molecule has 0 bridgehead atoms. The van der Waals surface area contributed by atoms with Crippen LogP contribution in [0.5, 0.6) is 0 Å². The highest BCUT2D eigenvalue weighted by Crippen LogP contribution is 2.25. The number of carbonyl (C=O) groups excluding carboxylic acids is 1. The van der Waals surface area contributed by atoms with Crippen LogP contribution in [0.4, 0.5) is 10.1 Å². The van der Waals surface area contributed by atoms with Crippen molar-refractivity contribution in [1.29, 1.82) is 0 Å². The Balaban J connectivity index is 1.82. The van der Waals surface area contributed by atoms with Gasteiger partial charge in [0.25, 0.3) is 5.91 Å². The van der Waals surface area contributed by atoms with Gasteiger partial charge in [0, 0.05) is 18.1 Å². The average molecular weight is 388 g/mol. The zero-order chi connectivity index (χ0) is 20.5. The smallest absolute Gasteiger partial charge is 0.261 e. The first-order valence-corrected chi connectivity index (χ1v) is 9.31. The van der Waals surface area contributed by atoms with Gasteiger partial charge in [-0.25, -0.2) is 9.07 Å². The minimum Gasteiger partial charge on any atom is -0.322 e. The summed E-state index contributed by atoms with van der Waals surface area (Å²) in [7, 11) is 0. The molecule has 0 unspecified atom stereocenters. The Morgan fingerprint density at radius 3 is 2.21 bits per heavy atom. The van der Waals surface area contributed by atoms with Crippen LogP contribution in [0.2, 0.25) is 0 Å². The van der Waals surface area contributed by atoms with Crippen molar-refractivity contribution < 1.29 is 9.18 Å². The SMILES string of the molecule is Cc1cc(C)cc(NC(=O)c2c(C)nn(-c3ccc(F)cc3)c2-n2cccc2)c1. The van der Waals surface area contributed by atoms with E-state index >= 15 is 0 Å². The highest BCUT2D eigenvalue weighted by Gasteiger charge is 2.24. The summed E-state index contributed by atoms with van der Waals surface area (Å²) >= 11 is 0. The molecule has 4 aromatic rings. The summed E-state index contributed by atoms with van der Waals surface area (Å²) in [6.07, 6.45) is 3.70. The minimum absolute atomic E-state index is 0.246. The summed E-state index contributed by atoms with van der Waals surface area (Å²) in [6.45, 7) is 5.78. The molecule has 0 spiro atoms. The predicted octanol–water partition coefficient (Wildman–Crippen LogP) is 4.98. The minimum atomic E-state index is -0.326. The van der Waals surface area contributed by atoms with Crippen LogP contribution in [0, 0.1) is 26.6 Å². The maximum atomic E-state index is 13.4. The van der Waals surface area contributed by atoms with E-state index in [1.54, 1.807) is 23.7 Å². The number of amides is 1. The second kappa shape index (κ2) is 7.39. The van der Waals surface area contributed by atoms with Gasteiger partial charge in [0.2, 0.25) is 0 Å². The van der Waals surface area contributed by atoms with Crippen molar-refractivity contribution in [3.05, 3.63) is 95.2 Å². The number of aromatic nitrogens is 3. The Hall–Kier alpha value is -3.67. The molecule has 5 nitrogen and oxygen atoms in total. The van der Waals surface area contributed by atoms with Crippen LogP contribution >= 0.6 is 0 Å². The lowest BCUT2D eigenvalue weighted by atomic mass is 10.1. The molecule has 6 heteroatoms. The first-order valence-electron chi connectivity index (χ1n) is 9.31. The van der Waals surface area contributed by atoms with Crippen molar-refractivity contribution in [2.24, 2.45) is 0 Å². The Labute approximate surface area is 168 Å². The topological polar surface area (TPSA) is 51.9 Å². The van der Waals surface area contributed by atoms with Crippen LogP contribution in [-0.2, 0) is 0 Å². The molecule has 2 heterocycles. The molecule has 2 aromatic heterocycles. The number of hydrogen-bond donors (Lipinski definition) is 1. The predicted molar refractivity (Wildman–Crippen MR) is 111 cm³/mol. The maximum Gasteiger partial charge on any atom is 0.261 e. The molecule has 146 valence electrons. The third-order valence-corrected chi connectivity index (χ3v) is 4.66. The standard InChI is InChI=1S/C23H21FN4O/c1-15-12-16(2)14-19(13-15)25-22(29)21-17(3)26-28(20-8-6-18(24)7-9-20)23(21)27-10-4-5-11-27/h4-14H,1-3H3,(H,25,29). The lowest BCUT2D eigenvalue weighted by molar-refractivity contribution is 0.102. The maximum absolute atomic E-state index is 13.4. The normalized spacial score (nSPS) is 10.9. The number of benzene rings is 2. The second-order valence-corrected chi connectivity index (χ2v) is 7.09. The zero-order valence-corrected chi connectivity index (χ0v) is 16.5. The van der Waals surface area contributed by atoms with Crippen LogP contribution in [0.1, 0.15) is 27.2 Å². The molecule has 2 aromatic carbocycles. The molecular weight excluding hydrogens is 367 g/mol. The third kappa shape index (κ3) is 3.69. The van der Waals surface area contributed by atoms with Crippen LogP contribution < -0.4 is 5.32 Å². The van der Waals surface area contributed by atoms with Gasteiger partial charge in [-0.2, -0.15) is 5.10 Å². The molecule has 1 N–H and O–H groups in total. The Morgan fingerprint density at radius 1 is 0.966 bits per heavy atom. The zero-order valence-electron chi connectivity index (χ0n) is 16.5. The molecule has 0 saturated carbocycles. The van der Waals surface area contributed by atoms with Crippen LogP contribution in [0.15, 0.2) is 67.0 Å². The number of anilines is 1. The molecule has 29 heavy (non-hydrogen) atoms. The van der Waals surface area contributed by atoms with Crippen molar-refractivity contribution in [3.63, 3.8) is 0 Å². The lowest BCUT2D eigenvalue weighted by Gasteiger charge is -2.12. The molecular formula is C23H21FN4O. The monoisotopic (exact) mass is 388 g/mol. The van der Waals surface area contributed by atoms with E-state index in [1.165, 1.54) is 12.1 Å². The van der Waals surface area contributed by atoms with E-state index in [-0.39, 0.29) is 11.7 Å². The summed E-state index contributed by atoms with van der Waals surface area (Å²) in [6, 6.07) is 15.7. The number of carbonyl (C=O) groups is 1. The van der Waals surface area contributed by atoms with Gasteiger partial charge in [0.05, 0.1) is 11.4 Å². The molecule has 0 radical (unpaired) electrons. The summed E-state index contributed by atoms with van der Waals surface area (Å²) in [5.74, 6) is 0.0264. The van der Waals surface area contributed by atoms with Crippen molar-refractivity contribution >= 4 is 11.6 Å². The highest BCUT2D eigenvalue weighted by molar-refractivity contribution is 6.07. The van der Waals surface area contributed by atoms with Gasteiger partial charge in [0.1, 0.15) is 11.4 Å². The summed E-state index contributed by atoms with van der Waals surface area (Å²) < 4.78 is 16.9. The van der Waals surface area contributed by atoms with E-state index in [4.69, 9.17) is 0 Å². The third-order valence-electron chi connectivity index (χ3n) is 4.66. The van der Waals surface area contributed by atoms with Crippen molar-refractivity contribution in [1.82, 2.24) is 14.3 Å².